The average Bonchev–Trinajstić information content (AvgIpc) is 2.34. The maximum absolute atomic E-state index is 5.97. The Morgan fingerprint density at radius 1 is 1.22 bits per heavy atom. The smallest absolute Gasteiger partial charge is 0.163 e. The van der Waals surface area contributed by atoms with Crippen LogP contribution in [0.15, 0.2) is 12.1 Å². The van der Waals surface area contributed by atoms with Crippen LogP contribution >= 0.6 is 0 Å². The number of nitrogen functional groups attached to an aromatic ring is 1. The lowest BCUT2D eigenvalue weighted by molar-refractivity contribution is 0.110. The van der Waals surface area contributed by atoms with Crippen molar-refractivity contribution in [2.24, 2.45) is 5.92 Å². The molecule has 1 heterocycles. The first kappa shape index (κ1) is 13.0. The van der Waals surface area contributed by atoms with Crippen LogP contribution in [0.25, 0.3) is 0 Å². The first-order chi connectivity index (χ1) is 8.66. The number of hydrogen-bond acceptors (Lipinski definition) is 4. The molecule has 0 unspecified atom stereocenters. The number of benzene rings is 1. The summed E-state index contributed by atoms with van der Waals surface area (Å²) in [5.41, 5.74) is 7.63. The fourth-order valence-corrected chi connectivity index (χ4v) is 1.77. The molecule has 0 aliphatic carbocycles. The predicted octanol–water partition coefficient (Wildman–Crippen LogP) is 2.60. The van der Waals surface area contributed by atoms with Gasteiger partial charge in [-0.2, -0.15) is 0 Å². The van der Waals surface area contributed by atoms with Gasteiger partial charge >= 0.3 is 0 Å². The van der Waals surface area contributed by atoms with E-state index in [-0.39, 0.29) is 0 Å². The molecule has 4 heteroatoms. The zero-order chi connectivity index (χ0) is 13.0. The molecule has 2 N–H and O–H groups in total. The normalized spacial score (nSPS) is 13.9. The SMILES string of the molecule is CC(C)CCOCc1cc2c(cc1N)OCCO2. The van der Waals surface area contributed by atoms with Crippen molar-refractivity contribution in [2.75, 3.05) is 25.6 Å². The molecular weight excluding hydrogens is 230 g/mol. The van der Waals surface area contributed by atoms with Crippen LogP contribution in [0.5, 0.6) is 11.5 Å². The molecule has 100 valence electrons. The van der Waals surface area contributed by atoms with Crippen molar-refractivity contribution in [3.05, 3.63) is 17.7 Å². The second-order valence-electron chi connectivity index (χ2n) is 4.93. The highest BCUT2D eigenvalue weighted by molar-refractivity contribution is 5.58. The first-order valence-electron chi connectivity index (χ1n) is 6.42. The van der Waals surface area contributed by atoms with Gasteiger partial charge < -0.3 is 19.9 Å². The van der Waals surface area contributed by atoms with Gasteiger partial charge in [-0.1, -0.05) is 13.8 Å². The van der Waals surface area contributed by atoms with E-state index in [1.54, 1.807) is 0 Å². The highest BCUT2D eigenvalue weighted by Crippen LogP contribution is 2.34. The van der Waals surface area contributed by atoms with E-state index in [0.717, 1.165) is 30.1 Å². The van der Waals surface area contributed by atoms with Crippen molar-refractivity contribution in [2.45, 2.75) is 26.9 Å². The minimum Gasteiger partial charge on any atom is -0.486 e. The van der Waals surface area contributed by atoms with Crippen LogP contribution in [0, 0.1) is 5.92 Å². The summed E-state index contributed by atoms with van der Waals surface area (Å²) in [6.45, 7) is 6.81. The Labute approximate surface area is 108 Å². The van der Waals surface area contributed by atoms with Crippen molar-refractivity contribution < 1.29 is 14.2 Å². The minimum atomic E-state index is 0.523. The van der Waals surface area contributed by atoms with Crippen LogP contribution in [0.3, 0.4) is 0 Å². The second-order valence-corrected chi connectivity index (χ2v) is 4.93. The molecule has 1 aromatic rings. The van der Waals surface area contributed by atoms with E-state index in [1.165, 1.54) is 0 Å². The molecule has 0 saturated carbocycles. The standard InChI is InChI=1S/C14H21NO3/c1-10(2)3-4-16-9-11-7-13-14(8-12(11)15)18-6-5-17-13/h7-8,10H,3-6,9,15H2,1-2H3. The fraction of sp³-hybridized carbons (Fsp3) is 0.571. The molecule has 4 nitrogen and oxygen atoms in total. The number of fused-ring (bicyclic) bond motifs is 1. The number of anilines is 1. The van der Waals surface area contributed by atoms with Gasteiger partial charge in [0.1, 0.15) is 13.2 Å². The number of ether oxygens (including phenoxy) is 3. The van der Waals surface area contributed by atoms with Gasteiger partial charge in [-0.15, -0.1) is 0 Å². The monoisotopic (exact) mass is 251 g/mol. The molecule has 1 aromatic carbocycles. The summed E-state index contributed by atoms with van der Waals surface area (Å²) >= 11 is 0. The Balaban J connectivity index is 1.95. The van der Waals surface area contributed by atoms with Crippen LogP contribution in [0.4, 0.5) is 5.69 Å². The van der Waals surface area contributed by atoms with Crippen LogP contribution in [0.2, 0.25) is 0 Å². The maximum atomic E-state index is 5.97. The van der Waals surface area contributed by atoms with Crippen LogP contribution in [-0.4, -0.2) is 19.8 Å². The molecule has 0 fully saturated rings. The summed E-state index contributed by atoms with van der Waals surface area (Å²) in [6, 6.07) is 3.73. The highest BCUT2D eigenvalue weighted by Gasteiger charge is 2.14. The van der Waals surface area contributed by atoms with Crippen LogP contribution < -0.4 is 15.2 Å². The van der Waals surface area contributed by atoms with Gasteiger partial charge in [0.25, 0.3) is 0 Å². The van der Waals surface area contributed by atoms with E-state index < -0.39 is 0 Å². The zero-order valence-corrected chi connectivity index (χ0v) is 11.1. The molecule has 1 aliphatic rings. The molecule has 0 atom stereocenters. The summed E-state index contributed by atoms with van der Waals surface area (Å²) in [5.74, 6) is 2.14. The van der Waals surface area contributed by atoms with Gasteiger partial charge in [0.05, 0.1) is 6.61 Å². The Kier molecular flexibility index (Phi) is 4.31. The molecule has 0 saturated heterocycles. The molecule has 0 spiro atoms. The highest BCUT2D eigenvalue weighted by atomic mass is 16.6. The lowest BCUT2D eigenvalue weighted by Crippen LogP contribution is -2.16. The molecule has 1 aliphatic heterocycles. The van der Waals surface area contributed by atoms with E-state index in [4.69, 9.17) is 19.9 Å². The number of nitrogens with two attached hydrogens (primary N) is 1. The van der Waals surface area contributed by atoms with Crippen LogP contribution in [0.1, 0.15) is 25.8 Å². The topological polar surface area (TPSA) is 53.7 Å². The van der Waals surface area contributed by atoms with Gasteiger partial charge in [0.2, 0.25) is 0 Å². The fourth-order valence-electron chi connectivity index (χ4n) is 1.77. The summed E-state index contributed by atoms with van der Waals surface area (Å²) in [4.78, 5) is 0. The lowest BCUT2D eigenvalue weighted by atomic mass is 10.1. The van der Waals surface area contributed by atoms with Gasteiger partial charge in [-0.25, -0.2) is 0 Å². The quantitative estimate of drug-likeness (QED) is 0.645. The van der Waals surface area contributed by atoms with Crippen molar-refractivity contribution >= 4 is 5.69 Å². The lowest BCUT2D eigenvalue weighted by Gasteiger charge is -2.20. The third-order valence-electron chi connectivity index (χ3n) is 2.90. The van der Waals surface area contributed by atoms with E-state index >= 15 is 0 Å². The van der Waals surface area contributed by atoms with Crippen molar-refractivity contribution in [3.8, 4) is 11.5 Å². The summed E-state index contributed by atoms with van der Waals surface area (Å²) < 4.78 is 16.6. The molecule has 0 radical (unpaired) electrons. The average molecular weight is 251 g/mol. The molecule has 0 amide bonds. The number of hydrogen-bond donors (Lipinski definition) is 1. The Bertz CT molecular complexity index is 404. The van der Waals surface area contributed by atoms with Gasteiger partial charge in [0, 0.05) is 23.9 Å². The number of rotatable bonds is 5. The van der Waals surface area contributed by atoms with E-state index in [9.17, 15) is 0 Å². The Morgan fingerprint density at radius 2 is 1.89 bits per heavy atom. The summed E-state index contributed by atoms with van der Waals surface area (Å²) in [6.07, 6.45) is 1.06. The van der Waals surface area contributed by atoms with Crippen LogP contribution in [-0.2, 0) is 11.3 Å². The molecular formula is C14H21NO3. The third kappa shape index (κ3) is 3.29. The van der Waals surface area contributed by atoms with Gasteiger partial charge in [0.15, 0.2) is 11.5 Å². The summed E-state index contributed by atoms with van der Waals surface area (Å²) in [5, 5.41) is 0. The molecule has 2 rings (SSSR count). The predicted molar refractivity (Wildman–Crippen MR) is 71.0 cm³/mol. The Hall–Kier alpha value is -1.42. The second kappa shape index (κ2) is 5.96. The van der Waals surface area contributed by atoms with E-state index in [1.807, 2.05) is 12.1 Å². The zero-order valence-electron chi connectivity index (χ0n) is 11.1. The molecule has 18 heavy (non-hydrogen) atoms. The third-order valence-corrected chi connectivity index (χ3v) is 2.90. The largest absolute Gasteiger partial charge is 0.486 e. The minimum absolute atomic E-state index is 0.523. The van der Waals surface area contributed by atoms with Crippen molar-refractivity contribution in [3.63, 3.8) is 0 Å². The molecule has 0 aromatic heterocycles. The van der Waals surface area contributed by atoms with Crippen molar-refractivity contribution in [1.29, 1.82) is 0 Å². The molecule has 0 bridgehead atoms. The first-order valence-corrected chi connectivity index (χ1v) is 6.42. The Morgan fingerprint density at radius 3 is 2.56 bits per heavy atom. The maximum Gasteiger partial charge on any atom is 0.163 e. The van der Waals surface area contributed by atoms with Crippen molar-refractivity contribution in [1.82, 2.24) is 0 Å². The van der Waals surface area contributed by atoms with Gasteiger partial charge in [-0.05, 0) is 18.4 Å². The van der Waals surface area contributed by atoms with E-state index in [0.29, 0.717) is 31.4 Å². The summed E-state index contributed by atoms with van der Waals surface area (Å²) in [7, 11) is 0. The van der Waals surface area contributed by atoms with Gasteiger partial charge in [-0.3, -0.25) is 0 Å². The van der Waals surface area contributed by atoms with E-state index in [2.05, 4.69) is 13.8 Å².